The Morgan fingerprint density at radius 3 is 1.11 bits per heavy atom. The van der Waals surface area contributed by atoms with Gasteiger partial charge in [0.2, 0.25) is 0 Å². The second kappa shape index (κ2) is 9.42. The van der Waals surface area contributed by atoms with Gasteiger partial charge in [-0.1, -0.05) is 0 Å². The summed E-state index contributed by atoms with van der Waals surface area (Å²) in [6, 6.07) is 0. The van der Waals surface area contributed by atoms with Gasteiger partial charge in [0.05, 0.1) is 0 Å². The molecule has 0 fully saturated rings. The van der Waals surface area contributed by atoms with Crippen molar-refractivity contribution < 1.29 is 42.8 Å². The predicted molar refractivity (Wildman–Crippen MR) is 17.6 cm³/mol. The molecule has 0 radical (unpaired) electrons. The molecule has 0 aromatic rings. The maximum atomic E-state index is 8.52. The van der Waals surface area contributed by atoms with E-state index in [4.69, 9.17) is 24.3 Å². The van der Waals surface area contributed by atoms with Crippen LogP contribution in [0.2, 0.25) is 0 Å². The summed E-state index contributed by atoms with van der Waals surface area (Å²) in [4.78, 5) is 0. The number of hydrogen-bond acceptors (Lipinski definition) is 6. The van der Waals surface area contributed by atoms with Crippen LogP contribution in [0, 0.1) is 0 Å². The van der Waals surface area contributed by atoms with Gasteiger partial charge in [-0.25, -0.2) is 0 Å². The molecule has 0 amide bonds. The van der Waals surface area contributed by atoms with E-state index in [1.54, 1.807) is 0 Å². The van der Waals surface area contributed by atoms with Crippen molar-refractivity contribution in [2.75, 3.05) is 0 Å². The fourth-order valence-corrected chi connectivity index (χ4v) is 0. The fraction of sp³-hybridized carbons (Fsp3) is 0. The Labute approximate surface area is 89.7 Å². The summed E-state index contributed by atoms with van der Waals surface area (Å²) in [5.41, 5.74) is 0. The van der Waals surface area contributed by atoms with E-state index in [0.29, 0.717) is 0 Å². The molecule has 0 heterocycles. The van der Waals surface area contributed by atoms with Crippen molar-refractivity contribution in [2.45, 2.75) is 0 Å². The first kappa shape index (κ1) is 16.8. The summed E-state index contributed by atoms with van der Waals surface area (Å²) in [6.45, 7) is 0. The summed E-state index contributed by atoms with van der Waals surface area (Å²) in [7, 11) is -5.17. The molecule has 0 saturated heterocycles. The molecule has 0 aliphatic rings. The average Bonchev–Trinajstić information content (AvgIpc) is 1.27. The van der Waals surface area contributed by atoms with Gasteiger partial charge < -0.3 is 9.11 Å². The Hall–Kier alpha value is 1.42. The predicted octanol–water partition coefficient (Wildman–Crippen LogP) is -1.96. The van der Waals surface area contributed by atoms with Crippen molar-refractivity contribution in [1.82, 2.24) is 0 Å². The summed E-state index contributed by atoms with van der Waals surface area (Å²) < 4.78 is 51.1. The number of rotatable bonds is 0. The SMILES string of the molecule is O=S(=O)([O-])[O-].[Ca+2].[O]=[Mo]=[O]. The van der Waals surface area contributed by atoms with Gasteiger partial charge in [0.15, 0.2) is 0 Å². The molecule has 0 saturated carbocycles. The van der Waals surface area contributed by atoms with Crippen molar-refractivity contribution in [2.24, 2.45) is 0 Å². The Morgan fingerprint density at radius 1 is 1.11 bits per heavy atom. The van der Waals surface area contributed by atoms with Gasteiger partial charge >= 0.3 is 63.0 Å². The topological polar surface area (TPSA) is 114 Å². The molecule has 0 rings (SSSR count). The Morgan fingerprint density at radius 2 is 1.11 bits per heavy atom. The number of hydrogen-bond donors (Lipinski definition) is 0. The molecule has 9 heavy (non-hydrogen) atoms. The van der Waals surface area contributed by atoms with Crippen LogP contribution in [0.4, 0.5) is 0 Å². The first-order valence-corrected chi connectivity index (χ1v) is 3.97. The maximum absolute atomic E-state index is 8.52. The summed E-state index contributed by atoms with van der Waals surface area (Å²) in [5, 5.41) is 0. The van der Waals surface area contributed by atoms with Crippen LogP contribution in [0.5, 0.6) is 0 Å². The quantitative estimate of drug-likeness (QED) is 0.285. The van der Waals surface area contributed by atoms with E-state index >= 15 is 0 Å². The monoisotopic (exact) mass is 266 g/mol. The third kappa shape index (κ3) is 258. The fourth-order valence-electron chi connectivity index (χ4n) is 0. The molecule has 0 spiro atoms. The van der Waals surface area contributed by atoms with Crippen molar-refractivity contribution in [3.05, 3.63) is 0 Å². The van der Waals surface area contributed by atoms with Crippen LogP contribution in [-0.2, 0) is 35.7 Å². The first-order chi connectivity index (χ1) is 3.41. The molecule has 6 nitrogen and oxygen atoms in total. The van der Waals surface area contributed by atoms with Gasteiger partial charge in [0.25, 0.3) is 0 Å². The van der Waals surface area contributed by atoms with E-state index in [0.717, 1.165) is 0 Å². The summed E-state index contributed by atoms with van der Waals surface area (Å²) in [6.07, 6.45) is 0. The van der Waals surface area contributed by atoms with E-state index < -0.39 is 28.9 Å². The van der Waals surface area contributed by atoms with Crippen LogP contribution in [0.25, 0.3) is 0 Å². The van der Waals surface area contributed by atoms with Gasteiger partial charge in [-0.05, 0) is 0 Å². The van der Waals surface area contributed by atoms with Gasteiger partial charge in [-0.15, -0.1) is 0 Å². The van der Waals surface area contributed by atoms with Crippen LogP contribution < -0.4 is 0 Å². The molecule has 0 unspecified atom stereocenters. The van der Waals surface area contributed by atoms with Crippen molar-refractivity contribution in [3.63, 3.8) is 0 Å². The molecule has 0 aromatic carbocycles. The molecular formula is CaMoO6S. The summed E-state index contributed by atoms with van der Waals surface area (Å²) in [5.74, 6) is 0. The molecule has 0 aromatic heterocycles. The van der Waals surface area contributed by atoms with Crippen LogP contribution in [0.1, 0.15) is 0 Å². The van der Waals surface area contributed by atoms with Crippen molar-refractivity contribution in [1.29, 1.82) is 0 Å². The molecule has 50 valence electrons. The third-order valence-corrected chi connectivity index (χ3v) is 0. The second-order valence-electron chi connectivity index (χ2n) is 0.476. The van der Waals surface area contributed by atoms with Gasteiger partial charge in [-0.3, -0.25) is 8.42 Å². The van der Waals surface area contributed by atoms with Crippen LogP contribution >= 0.6 is 0 Å². The van der Waals surface area contributed by atoms with Crippen molar-refractivity contribution in [3.8, 4) is 0 Å². The van der Waals surface area contributed by atoms with Crippen LogP contribution in [0.3, 0.4) is 0 Å². The Balaban J connectivity index is -0.0000000800. The molecule has 0 aliphatic carbocycles. The molecule has 9 heteroatoms. The molecule has 0 N–H and O–H groups in total. The Bertz CT molecular complexity index is 153. The molecule has 0 aliphatic heterocycles. The first-order valence-electron chi connectivity index (χ1n) is 1.00. The minimum atomic E-state index is -5.17. The van der Waals surface area contributed by atoms with Crippen LogP contribution in [0.15, 0.2) is 0 Å². The molecular weight excluding hydrogens is 264 g/mol. The molecule has 0 bridgehead atoms. The van der Waals surface area contributed by atoms with Gasteiger partial charge in [0, 0.05) is 10.4 Å². The van der Waals surface area contributed by atoms with Gasteiger partial charge in [-0.2, -0.15) is 0 Å². The zero-order valence-electron chi connectivity index (χ0n) is 3.97. The molecule has 0 atom stereocenters. The van der Waals surface area contributed by atoms with E-state index in [1.165, 1.54) is 0 Å². The minimum absolute atomic E-state index is 0. The Kier molecular flexibility index (Phi) is 17.6. The second-order valence-corrected chi connectivity index (χ2v) is 1.63. The summed E-state index contributed by atoms with van der Waals surface area (Å²) >= 11 is -2.03. The zero-order valence-corrected chi connectivity index (χ0v) is 9.00. The van der Waals surface area contributed by atoms with Gasteiger partial charge in [0.1, 0.15) is 0 Å². The third-order valence-electron chi connectivity index (χ3n) is 0. The van der Waals surface area contributed by atoms with Crippen molar-refractivity contribution >= 4 is 48.1 Å². The normalized spacial score (nSPS) is 7.78. The van der Waals surface area contributed by atoms with Crippen LogP contribution in [-0.4, -0.2) is 55.3 Å². The van der Waals surface area contributed by atoms with E-state index in [9.17, 15) is 0 Å². The van der Waals surface area contributed by atoms with E-state index in [2.05, 4.69) is 0 Å². The van der Waals surface area contributed by atoms with E-state index in [1.807, 2.05) is 0 Å². The van der Waals surface area contributed by atoms with E-state index in [-0.39, 0.29) is 37.7 Å². The zero-order chi connectivity index (χ0) is 7.21. The standard InChI is InChI=1S/Ca.Mo.H2O4S.2O/c;;1-5(2,3)4;;/h;;(H2,1,2,3,4);;/q+2;;;;/p-2. The average molecular weight is 264 g/mol.